The summed E-state index contributed by atoms with van der Waals surface area (Å²) in [5.41, 5.74) is 1.34. The highest BCUT2D eigenvalue weighted by Crippen LogP contribution is 2.27. The average Bonchev–Trinajstić information content (AvgIpc) is 2.98. The van der Waals surface area contributed by atoms with E-state index in [2.05, 4.69) is 4.98 Å². The molecule has 0 unspecified atom stereocenters. The van der Waals surface area contributed by atoms with Gasteiger partial charge in [-0.2, -0.15) is 0 Å². The largest absolute Gasteiger partial charge is 0.366 e. The maximum absolute atomic E-state index is 13.0. The molecule has 144 valence electrons. The van der Waals surface area contributed by atoms with Gasteiger partial charge in [-0.05, 0) is 42.0 Å². The van der Waals surface area contributed by atoms with Crippen LogP contribution in [0.15, 0.2) is 71.9 Å². The molecule has 6 nitrogen and oxygen atoms in total. The number of hydrogen-bond acceptors (Lipinski definition) is 6. The van der Waals surface area contributed by atoms with Crippen molar-refractivity contribution in [3.8, 4) is 0 Å². The van der Waals surface area contributed by atoms with Gasteiger partial charge in [0.05, 0.1) is 16.7 Å². The molecular formula is C21H13FN2O4S. The summed E-state index contributed by atoms with van der Waals surface area (Å²) in [5, 5.41) is 0.840. The fourth-order valence-corrected chi connectivity index (χ4v) is 3.71. The molecule has 0 aliphatic carbocycles. The maximum Gasteiger partial charge on any atom is 0.366 e. The van der Waals surface area contributed by atoms with Crippen molar-refractivity contribution in [1.29, 1.82) is 0 Å². The highest BCUT2D eigenvalue weighted by molar-refractivity contribution is 7.98. The third-order valence-corrected chi connectivity index (χ3v) is 5.29. The molecule has 0 atom stereocenters. The van der Waals surface area contributed by atoms with Gasteiger partial charge in [-0.15, -0.1) is 11.8 Å². The zero-order valence-electron chi connectivity index (χ0n) is 14.9. The van der Waals surface area contributed by atoms with Crippen LogP contribution in [0.25, 0.3) is 0 Å². The zero-order valence-corrected chi connectivity index (χ0v) is 15.7. The normalized spacial score (nSPS) is 12.8. The van der Waals surface area contributed by atoms with E-state index in [0.29, 0.717) is 15.8 Å². The van der Waals surface area contributed by atoms with Crippen LogP contribution in [0.3, 0.4) is 0 Å². The summed E-state index contributed by atoms with van der Waals surface area (Å²) in [6, 6.07) is 15.3. The number of hydroxylamine groups is 2. The van der Waals surface area contributed by atoms with Gasteiger partial charge in [0.25, 0.3) is 11.8 Å². The van der Waals surface area contributed by atoms with E-state index in [1.165, 1.54) is 48.3 Å². The molecule has 1 aliphatic rings. The highest BCUT2D eigenvalue weighted by Gasteiger charge is 2.39. The molecule has 0 saturated carbocycles. The zero-order chi connectivity index (χ0) is 20.4. The summed E-state index contributed by atoms with van der Waals surface area (Å²) in [6.45, 7) is 0. The summed E-state index contributed by atoms with van der Waals surface area (Å²) in [4.78, 5) is 46.7. The number of nitrogens with zero attached hydrogens (tertiary/aromatic N) is 2. The Bertz CT molecular complexity index is 1080. The maximum atomic E-state index is 13.0. The Morgan fingerprint density at radius 1 is 0.966 bits per heavy atom. The van der Waals surface area contributed by atoms with Gasteiger partial charge in [0.15, 0.2) is 0 Å². The van der Waals surface area contributed by atoms with E-state index < -0.39 is 17.8 Å². The molecule has 2 aromatic carbocycles. The van der Waals surface area contributed by atoms with Crippen LogP contribution >= 0.6 is 11.8 Å². The Hall–Kier alpha value is -3.52. The number of carbonyl (C=O) groups excluding carboxylic acids is 3. The molecule has 0 bridgehead atoms. The van der Waals surface area contributed by atoms with E-state index in [-0.39, 0.29) is 22.5 Å². The second-order valence-electron chi connectivity index (χ2n) is 6.10. The summed E-state index contributed by atoms with van der Waals surface area (Å²) in [5.74, 6) is -2.13. The fourth-order valence-electron chi connectivity index (χ4n) is 2.78. The Morgan fingerprint density at radius 3 is 2.28 bits per heavy atom. The first-order valence-electron chi connectivity index (χ1n) is 8.57. The van der Waals surface area contributed by atoms with Gasteiger partial charge in [-0.3, -0.25) is 9.59 Å². The van der Waals surface area contributed by atoms with E-state index >= 15 is 0 Å². The van der Waals surface area contributed by atoms with Gasteiger partial charge >= 0.3 is 5.97 Å². The number of thioether (sulfide) groups is 1. The van der Waals surface area contributed by atoms with E-state index in [0.717, 1.165) is 5.56 Å². The summed E-state index contributed by atoms with van der Waals surface area (Å²) in [7, 11) is 0. The van der Waals surface area contributed by atoms with Crippen molar-refractivity contribution in [2.45, 2.75) is 10.8 Å². The summed E-state index contributed by atoms with van der Waals surface area (Å²) in [6.07, 6.45) is 1.52. The molecule has 1 aliphatic heterocycles. The predicted octanol–water partition coefficient (Wildman–Crippen LogP) is 3.88. The van der Waals surface area contributed by atoms with Crippen LogP contribution in [0.1, 0.15) is 36.6 Å². The SMILES string of the molecule is O=C(ON1C(=O)c2ccccc2C1=O)c1cccnc1SCc1ccc(F)cc1. The quantitative estimate of drug-likeness (QED) is 0.471. The molecular weight excluding hydrogens is 395 g/mol. The van der Waals surface area contributed by atoms with E-state index in [9.17, 15) is 18.8 Å². The predicted molar refractivity (Wildman–Crippen MR) is 103 cm³/mol. The summed E-state index contributed by atoms with van der Waals surface area (Å²) < 4.78 is 13.0. The van der Waals surface area contributed by atoms with Crippen molar-refractivity contribution in [3.63, 3.8) is 0 Å². The first-order chi connectivity index (χ1) is 14.0. The van der Waals surface area contributed by atoms with Crippen LogP contribution in [0.5, 0.6) is 0 Å². The number of fused-ring (bicyclic) bond motifs is 1. The van der Waals surface area contributed by atoms with Crippen molar-refractivity contribution in [3.05, 3.63) is 94.9 Å². The van der Waals surface area contributed by atoms with Crippen molar-refractivity contribution in [2.24, 2.45) is 0 Å². The molecule has 0 spiro atoms. The van der Waals surface area contributed by atoms with Gasteiger partial charge in [-0.1, -0.05) is 29.3 Å². The molecule has 4 rings (SSSR count). The van der Waals surface area contributed by atoms with Gasteiger partial charge in [-0.25, -0.2) is 14.2 Å². The number of carbonyl (C=O) groups is 3. The number of aromatic nitrogens is 1. The Labute approximate surface area is 169 Å². The van der Waals surface area contributed by atoms with Crippen molar-refractivity contribution < 1.29 is 23.6 Å². The minimum absolute atomic E-state index is 0.121. The van der Waals surface area contributed by atoms with Gasteiger partial charge < -0.3 is 4.84 Å². The van der Waals surface area contributed by atoms with Crippen LogP contribution in [0.4, 0.5) is 4.39 Å². The summed E-state index contributed by atoms with van der Waals surface area (Å²) >= 11 is 1.26. The van der Waals surface area contributed by atoms with Crippen molar-refractivity contribution in [1.82, 2.24) is 10.0 Å². The molecule has 2 heterocycles. The van der Waals surface area contributed by atoms with Crippen LogP contribution in [-0.2, 0) is 10.6 Å². The minimum atomic E-state index is -0.866. The van der Waals surface area contributed by atoms with Crippen LogP contribution in [0.2, 0.25) is 0 Å². The third-order valence-electron chi connectivity index (χ3n) is 4.21. The first kappa shape index (κ1) is 18.8. The van der Waals surface area contributed by atoms with E-state index in [1.54, 1.807) is 30.3 Å². The molecule has 0 radical (unpaired) electrons. The van der Waals surface area contributed by atoms with E-state index in [1.807, 2.05) is 0 Å². The molecule has 0 N–H and O–H groups in total. The van der Waals surface area contributed by atoms with Gasteiger partial charge in [0.2, 0.25) is 0 Å². The van der Waals surface area contributed by atoms with Crippen LogP contribution in [-0.4, -0.2) is 27.8 Å². The van der Waals surface area contributed by atoms with Gasteiger partial charge in [0.1, 0.15) is 10.8 Å². The molecule has 3 aromatic rings. The topological polar surface area (TPSA) is 76.6 Å². The van der Waals surface area contributed by atoms with Crippen LogP contribution in [0, 0.1) is 5.82 Å². The molecule has 29 heavy (non-hydrogen) atoms. The third kappa shape index (κ3) is 3.74. The second kappa shape index (κ2) is 7.84. The number of pyridine rings is 1. The molecule has 0 saturated heterocycles. The second-order valence-corrected chi connectivity index (χ2v) is 7.06. The fraction of sp³-hybridized carbons (Fsp3) is 0.0476. The van der Waals surface area contributed by atoms with E-state index in [4.69, 9.17) is 4.84 Å². The Morgan fingerprint density at radius 2 is 1.62 bits per heavy atom. The van der Waals surface area contributed by atoms with Gasteiger partial charge in [0, 0.05) is 11.9 Å². The monoisotopic (exact) mass is 408 g/mol. The smallest absolute Gasteiger partial charge is 0.324 e. The lowest BCUT2D eigenvalue weighted by atomic mass is 10.1. The number of benzene rings is 2. The number of rotatable bonds is 5. The lowest BCUT2D eigenvalue weighted by molar-refractivity contribution is -0.0587. The molecule has 2 amide bonds. The highest BCUT2D eigenvalue weighted by atomic mass is 32.2. The van der Waals surface area contributed by atoms with Crippen molar-refractivity contribution >= 4 is 29.5 Å². The minimum Gasteiger partial charge on any atom is -0.324 e. The Kier molecular flexibility index (Phi) is 5.09. The number of halogens is 1. The first-order valence-corrected chi connectivity index (χ1v) is 9.55. The molecule has 8 heteroatoms. The molecule has 1 aromatic heterocycles. The van der Waals surface area contributed by atoms with Crippen molar-refractivity contribution in [2.75, 3.05) is 0 Å². The molecule has 0 fully saturated rings. The number of imide groups is 1. The Balaban J connectivity index is 1.50. The van der Waals surface area contributed by atoms with Crippen LogP contribution < -0.4 is 0 Å². The number of amides is 2. The number of hydrogen-bond donors (Lipinski definition) is 0. The lowest BCUT2D eigenvalue weighted by Gasteiger charge is -2.14. The standard InChI is InChI=1S/C21H13FN2O4S/c22-14-9-7-13(8-10-14)12-29-18-17(6-3-11-23-18)21(27)28-24-19(25)15-4-1-2-5-16(15)20(24)26/h1-11H,12H2. The lowest BCUT2D eigenvalue weighted by Crippen LogP contribution is -2.32. The average molecular weight is 408 g/mol.